The van der Waals surface area contributed by atoms with Crippen LogP contribution in [0.5, 0.6) is 5.75 Å². The molecule has 1 aromatic rings. The fraction of sp³-hybridized carbons (Fsp3) is 0.364. The van der Waals surface area contributed by atoms with Crippen molar-refractivity contribution in [3.05, 3.63) is 29.3 Å². The summed E-state index contributed by atoms with van der Waals surface area (Å²) in [6.07, 6.45) is -0.464. The van der Waals surface area contributed by atoms with E-state index in [0.29, 0.717) is 35.6 Å². The highest BCUT2D eigenvalue weighted by Crippen LogP contribution is 2.16. The molecule has 3 nitrogen and oxygen atoms in total. The Morgan fingerprint density at radius 2 is 1.65 bits per heavy atom. The molecule has 0 aromatic heterocycles. The Morgan fingerprint density at radius 1 is 1.12 bits per heavy atom. The summed E-state index contributed by atoms with van der Waals surface area (Å²) in [6, 6.07) is 6.55. The van der Waals surface area contributed by atoms with E-state index in [1.54, 1.807) is 24.3 Å². The molecular weight excluding hydrogens is 284 g/mol. The molecule has 0 saturated carbocycles. The van der Waals surface area contributed by atoms with Crippen molar-refractivity contribution < 1.29 is 9.53 Å². The molecule has 1 rings (SSSR count). The zero-order chi connectivity index (χ0) is 12.7. The minimum absolute atomic E-state index is 0.340. The predicted molar refractivity (Wildman–Crippen MR) is 70.5 cm³/mol. The standard InChI is InChI=1S/C11H12Cl3NO2/c12-5-7-15(8-6-13)11(16)17-10-3-1-9(14)2-4-10/h1-4H,5-8H2. The van der Waals surface area contributed by atoms with Gasteiger partial charge in [-0.05, 0) is 24.3 Å². The van der Waals surface area contributed by atoms with Crippen LogP contribution in [-0.4, -0.2) is 35.8 Å². The third-order valence-electron chi connectivity index (χ3n) is 1.99. The molecule has 0 saturated heterocycles. The van der Waals surface area contributed by atoms with Gasteiger partial charge in [-0.25, -0.2) is 4.79 Å². The van der Waals surface area contributed by atoms with Crippen LogP contribution in [0.15, 0.2) is 24.3 Å². The number of halogens is 3. The van der Waals surface area contributed by atoms with Gasteiger partial charge < -0.3 is 9.64 Å². The van der Waals surface area contributed by atoms with Crippen molar-refractivity contribution in [1.82, 2.24) is 4.90 Å². The topological polar surface area (TPSA) is 29.5 Å². The van der Waals surface area contributed by atoms with E-state index in [-0.39, 0.29) is 0 Å². The third-order valence-corrected chi connectivity index (χ3v) is 2.58. The summed E-state index contributed by atoms with van der Waals surface area (Å²) in [5.74, 6) is 1.12. The zero-order valence-corrected chi connectivity index (χ0v) is 11.3. The first kappa shape index (κ1) is 14.4. The lowest BCUT2D eigenvalue weighted by Gasteiger charge is -2.19. The quantitative estimate of drug-likeness (QED) is 0.777. The monoisotopic (exact) mass is 295 g/mol. The van der Waals surface area contributed by atoms with Gasteiger partial charge in [-0.15, -0.1) is 23.2 Å². The maximum Gasteiger partial charge on any atom is 0.415 e. The predicted octanol–water partition coefficient (Wildman–Crippen LogP) is 3.62. The number of carbonyl (C=O) groups excluding carboxylic acids is 1. The molecule has 0 bridgehead atoms. The molecule has 0 atom stereocenters. The van der Waals surface area contributed by atoms with E-state index in [1.165, 1.54) is 4.90 Å². The molecular formula is C11H12Cl3NO2. The van der Waals surface area contributed by atoms with E-state index in [9.17, 15) is 4.79 Å². The molecule has 0 heterocycles. The number of nitrogens with zero attached hydrogens (tertiary/aromatic N) is 1. The first-order valence-electron chi connectivity index (χ1n) is 5.01. The zero-order valence-electron chi connectivity index (χ0n) is 9.04. The van der Waals surface area contributed by atoms with Crippen LogP contribution in [0.25, 0.3) is 0 Å². The molecule has 17 heavy (non-hydrogen) atoms. The van der Waals surface area contributed by atoms with Crippen molar-refractivity contribution in [1.29, 1.82) is 0 Å². The Hall–Kier alpha value is -0.640. The molecule has 0 radical (unpaired) electrons. The molecule has 0 aliphatic heterocycles. The number of ether oxygens (including phenoxy) is 1. The van der Waals surface area contributed by atoms with E-state index in [0.717, 1.165) is 0 Å². The van der Waals surface area contributed by atoms with Crippen LogP contribution in [0, 0.1) is 0 Å². The van der Waals surface area contributed by atoms with Gasteiger partial charge in [0.2, 0.25) is 0 Å². The van der Waals surface area contributed by atoms with Gasteiger partial charge in [-0.3, -0.25) is 0 Å². The van der Waals surface area contributed by atoms with Gasteiger partial charge >= 0.3 is 6.09 Å². The van der Waals surface area contributed by atoms with Crippen molar-refractivity contribution in [2.24, 2.45) is 0 Å². The lowest BCUT2D eigenvalue weighted by atomic mass is 10.3. The van der Waals surface area contributed by atoms with E-state index >= 15 is 0 Å². The third kappa shape index (κ3) is 5.02. The fourth-order valence-electron chi connectivity index (χ4n) is 1.17. The highest BCUT2D eigenvalue weighted by Gasteiger charge is 2.14. The number of amides is 1. The maximum absolute atomic E-state index is 11.7. The molecule has 0 aliphatic carbocycles. The number of hydrogen-bond donors (Lipinski definition) is 0. The van der Waals surface area contributed by atoms with Crippen LogP contribution in [0.3, 0.4) is 0 Å². The van der Waals surface area contributed by atoms with Gasteiger partial charge in [-0.2, -0.15) is 0 Å². The lowest BCUT2D eigenvalue weighted by Crippen LogP contribution is -2.36. The highest BCUT2D eigenvalue weighted by atomic mass is 35.5. The minimum atomic E-state index is -0.464. The summed E-state index contributed by atoms with van der Waals surface area (Å²) in [4.78, 5) is 13.2. The Morgan fingerprint density at radius 3 is 2.12 bits per heavy atom. The number of benzene rings is 1. The minimum Gasteiger partial charge on any atom is -0.410 e. The van der Waals surface area contributed by atoms with Gasteiger partial charge in [0.05, 0.1) is 0 Å². The molecule has 0 N–H and O–H groups in total. The van der Waals surface area contributed by atoms with Crippen LogP contribution >= 0.6 is 34.8 Å². The van der Waals surface area contributed by atoms with Gasteiger partial charge in [-0.1, -0.05) is 11.6 Å². The second kappa shape index (κ2) is 7.64. The number of alkyl halides is 2. The molecule has 94 valence electrons. The van der Waals surface area contributed by atoms with Gasteiger partial charge in [0.25, 0.3) is 0 Å². The van der Waals surface area contributed by atoms with Gasteiger partial charge in [0.1, 0.15) is 5.75 Å². The summed E-state index contributed by atoms with van der Waals surface area (Å²) in [7, 11) is 0. The second-order valence-corrected chi connectivity index (χ2v) is 4.38. The summed E-state index contributed by atoms with van der Waals surface area (Å²) in [5.41, 5.74) is 0. The Balaban J connectivity index is 2.59. The average molecular weight is 297 g/mol. The van der Waals surface area contributed by atoms with Crippen LogP contribution < -0.4 is 4.74 Å². The summed E-state index contributed by atoms with van der Waals surface area (Å²) < 4.78 is 5.15. The fourth-order valence-corrected chi connectivity index (χ4v) is 1.70. The van der Waals surface area contributed by atoms with Crippen molar-refractivity contribution in [3.8, 4) is 5.75 Å². The SMILES string of the molecule is O=C(Oc1ccc(Cl)cc1)N(CCCl)CCCl. The summed E-state index contributed by atoms with van der Waals surface area (Å²) >= 11 is 16.9. The smallest absolute Gasteiger partial charge is 0.410 e. The molecule has 0 aliphatic rings. The first-order chi connectivity index (χ1) is 8.17. The van der Waals surface area contributed by atoms with E-state index in [4.69, 9.17) is 39.5 Å². The lowest BCUT2D eigenvalue weighted by molar-refractivity contribution is 0.158. The number of hydrogen-bond acceptors (Lipinski definition) is 2. The van der Waals surface area contributed by atoms with Gasteiger partial charge in [0.15, 0.2) is 0 Å². The summed E-state index contributed by atoms with van der Waals surface area (Å²) in [6.45, 7) is 0.807. The van der Waals surface area contributed by atoms with Crippen molar-refractivity contribution in [2.45, 2.75) is 0 Å². The average Bonchev–Trinajstić information content (AvgIpc) is 2.32. The molecule has 1 aromatic carbocycles. The summed E-state index contributed by atoms with van der Waals surface area (Å²) in [5, 5.41) is 0.586. The number of rotatable bonds is 5. The van der Waals surface area contributed by atoms with Crippen LogP contribution in [0.2, 0.25) is 5.02 Å². The number of carbonyl (C=O) groups is 1. The van der Waals surface area contributed by atoms with Crippen molar-refractivity contribution >= 4 is 40.9 Å². The molecule has 1 amide bonds. The molecule has 6 heteroatoms. The van der Waals surface area contributed by atoms with Crippen molar-refractivity contribution in [3.63, 3.8) is 0 Å². The normalized spacial score (nSPS) is 10.1. The first-order valence-corrected chi connectivity index (χ1v) is 6.46. The Bertz CT molecular complexity index is 350. The molecule has 0 unspecified atom stereocenters. The van der Waals surface area contributed by atoms with E-state index in [2.05, 4.69) is 0 Å². The van der Waals surface area contributed by atoms with Crippen LogP contribution in [-0.2, 0) is 0 Å². The maximum atomic E-state index is 11.7. The highest BCUT2D eigenvalue weighted by molar-refractivity contribution is 6.30. The van der Waals surface area contributed by atoms with E-state index < -0.39 is 6.09 Å². The van der Waals surface area contributed by atoms with E-state index in [1.807, 2.05) is 0 Å². The largest absolute Gasteiger partial charge is 0.415 e. The van der Waals surface area contributed by atoms with Crippen LogP contribution in [0.1, 0.15) is 0 Å². The Labute approximate surface area is 115 Å². The van der Waals surface area contributed by atoms with Crippen LogP contribution in [0.4, 0.5) is 4.79 Å². The van der Waals surface area contributed by atoms with Crippen molar-refractivity contribution in [2.75, 3.05) is 24.8 Å². The molecule has 0 spiro atoms. The van der Waals surface area contributed by atoms with Gasteiger partial charge in [0, 0.05) is 29.9 Å². The second-order valence-electron chi connectivity index (χ2n) is 3.19. The molecule has 0 fully saturated rings. The Kier molecular flexibility index (Phi) is 6.48.